The van der Waals surface area contributed by atoms with Crippen LogP contribution in [0.3, 0.4) is 0 Å². The summed E-state index contributed by atoms with van der Waals surface area (Å²) in [6, 6.07) is 11.8. The number of amides is 3. The van der Waals surface area contributed by atoms with E-state index in [-0.39, 0.29) is 31.8 Å². The first-order valence-corrected chi connectivity index (χ1v) is 12.9. The molecule has 2 aromatic carbocycles. The van der Waals surface area contributed by atoms with Gasteiger partial charge in [-0.3, -0.25) is 24.6 Å². The van der Waals surface area contributed by atoms with Crippen molar-refractivity contribution in [2.45, 2.75) is 43.9 Å². The van der Waals surface area contributed by atoms with Crippen molar-refractivity contribution in [3.8, 4) is 0 Å². The Morgan fingerprint density at radius 3 is 2.41 bits per heavy atom. The summed E-state index contributed by atoms with van der Waals surface area (Å²) in [7, 11) is 0. The molecule has 2 heterocycles. The number of rotatable bonds is 12. The van der Waals surface area contributed by atoms with Crippen molar-refractivity contribution in [2.24, 2.45) is 5.73 Å². The zero-order chi connectivity index (χ0) is 29.7. The third-order valence-electron chi connectivity index (χ3n) is 6.93. The number of fused-ring (bicyclic) bond motifs is 1. The number of amidine groups is 1. The first-order valence-electron chi connectivity index (χ1n) is 12.9. The van der Waals surface area contributed by atoms with Crippen LogP contribution in [0.4, 0.5) is 0 Å². The van der Waals surface area contributed by atoms with E-state index in [1.165, 1.54) is 0 Å². The third-order valence-corrected chi connectivity index (χ3v) is 6.93. The van der Waals surface area contributed by atoms with E-state index in [1.54, 1.807) is 41.1 Å². The second-order valence-electron chi connectivity index (χ2n) is 9.77. The number of carbonyl (C=O) groups is 5. The fourth-order valence-corrected chi connectivity index (χ4v) is 4.84. The van der Waals surface area contributed by atoms with Gasteiger partial charge in [-0.25, -0.2) is 4.79 Å². The second-order valence-corrected chi connectivity index (χ2v) is 9.77. The number of nitrogens with two attached hydrogens (primary N) is 1. The van der Waals surface area contributed by atoms with E-state index in [4.69, 9.17) is 11.1 Å². The van der Waals surface area contributed by atoms with Gasteiger partial charge in [0.25, 0.3) is 0 Å². The van der Waals surface area contributed by atoms with Gasteiger partial charge in [-0.1, -0.05) is 42.5 Å². The van der Waals surface area contributed by atoms with Crippen LogP contribution in [-0.2, 0) is 36.9 Å². The Kier molecular flexibility index (Phi) is 8.66. The van der Waals surface area contributed by atoms with E-state index >= 15 is 0 Å². The molecule has 0 spiro atoms. The van der Waals surface area contributed by atoms with Crippen LogP contribution in [0.25, 0.3) is 10.9 Å². The van der Waals surface area contributed by atoms with Gasteiger partial charge in [0.1, 0.15) is 24.0 Å². The first kappa shape index (κ1) is 28.8. The van der Waals surface area contributed by atoms with Gasteiger partial charge in [0.05, 0.1) is 19.4 Å². The molecule has 0 aliphatic carbocycles. The Morgan fingerprint density at radius 1 is 1.05 bits per heavy atom. The highest BCUT2D eigenvalue weighted by molar-refractivity contribution is 5.97. The van der Waals surface area contributed by atoms with Crippen molar-refractivity contribution in [3.63, 3.8) is 0 Å². The van der Waals surface area contributed by atoms with Crippen LogP contribution in [0, 0.1) is 5.41 Å². The summed E-state index contributed by atoms with van der Waals surface area (Å²) in [6.45, 7) is -0.114. The fraction of sp³-hybridized carbons (Fsp3) is 0.286. The lowest BCUT2D eigenvalue weighted by Crippen LogP contribution is -2.55. The largest absolute Gasteiger partial charge is 0.481 e. The summed E-state index contributed by atoms with van der Waals surface area (Å²) in [5, 5.41) is 32.6. The van der Waals surface area contributed by atoms with Crippen molar-refractivity contribution >= 4 is 46.4 Å². The molecule has 214 valence electrons. The van der Waals surface area contributed by atoms with Crippen molar-refractivity contribution in [1.82, 2.24) is 20.1 Å². The summed E-state index contributed by atoms with van der Waals surface area (Å²) < 4.78 is 1.67. The van der Waals surface area contributed by atoms with E-state index in [1.807, 2.05) is 24.3 Å². The average molecular weight is 563 g/mol. The number of nitrogen functional groups attached to an aromatic ring is 1. The van der Waals surface area contributed by atoms with Crippen LogP contribution in [0.1, 0.15) is 24.0 Å². The molecule has 1 aliphatic heterocycles. The molecule has 41 heavy (non-hydrogen) atoms. The zero-order valence-electron chi connectivity index (χ0n) is 21.9. The third kappa shape index (κ3) is 6.87. The number of para-hydroxylation sites is 1. The van der Waals surface area contributed by atoms with Crippen LogP contribution in [0.5, 0.6) is 0 Å². The molecule has 0 bridgehead atoms. The standard InChI is InChI=1S/C28H30N6O7/c29-25(30)18-7-5-16(6-8-18)13-23(35)31-19-10-12-34(27(19)39)22(14-24(36)37)26(38)32-20(28(40)41)15-33-11-9-17-3-1-2-4-21(17)33/h1-9,11,19-20,22H,10,12-15H2,(H3,29,30)(H,31,35)(H,32,38)(H,36,37)(H,40,41)/t19-,20-,22-/m0/s1. The van der Waals surface area contributed by atoms with Crippen LogP contribution in [0.15, 0.2) is 60.8 Å². The number of nitrogens with zero attached hydrogens (tertiary/aromatic N) is 2. The van der Waals surface area contributed by atoms with Gasteiger partial charge in [0.2, 0.25) is 17.7 Å². The number of aliphatic carboxylic acids is 2. The first-order chi connectivity index (χ1) is 19.5. The lowest BCUT2D eigenvalue weighted by Gasteiger charge is -2.27. The van der Waals surface area contributed by atoms with Crippen molar-refractivity contribution in [3.05, 3.63) is 71.9 Å². The highest BCUT2D eigenvalue weighted by Gasteiger charge is 2.41. The van der Waals surface area contributed by atoms with Crippen LogP contribution < -0.4 is 16.4 Å². The molecular formula is C28H30N6O7. The molecule has 3 amide bonds. The molecule has 1 aliphatic rings. The molecule has 1 saturated heterocycles. The van der Waals surface area contributed by atoms with Crippen LogP contribution in [-0.4, -0.2) is 79.8 Å². The maximum Gasteiger partial charge on any atom is 0.328 e. The molecule has 3 aromatic rings. The van der Waals surface area contributed by atoms with E-state index in [0.717, 1.165) is 15.8 Å². The Hall–Kier alpha value is -5.20. The summed E-state index contributed by atoms with van der Waals surface area (Å²) in [4.78, 5) is 63.6. The SMILES string of the molecule is N=C(N)c1ccc(CC(=O)N[C@H]2CCN([C@@H](CC(=O)O)C(=O)N[C@@H](Cn3ccc4ccccc43)C(=O)O)C2=O)cc1. The molecule has 1 aromatic heterocycles. The van der Waals surface area contributed by atoms with Crippen molar-refractivity contribution in [2.75, 3.05) is 6.54 Å². The van der Waals surface area contributed by atoms with Gasteiger partial charge in [-0.2, -0.15) is 0 Å². The number of aromatic nitrogens is 1. The monoisotopic (exact) mass is 562 g/mol. The highest BCUT2D eigenvalue weighted by Crippen LogP contribution is 2.19. The van der Waals surface area contributed by atoms with E-state index < -0.39 is 54.2 Å². The van der Waals surface area contributed by atoms with Gasteiger partial charge in [-0.15, -0.1) is 0 Å². The minimum Gasteiger partial charge on any atom is -0.481 e. The lowest BCUT2D eigenvalue weighted by molar-refractivity contribution is -0.147. The number of nitrogens with one attached hydrogen (secondary N) is 3. The highest BCUT2D eigenvalue weighted by atomic mass is 16.4. The molecule has 4 rings (SSSR count). The Balaban J connectivity index is 1.42. The van der Waals surface area contributed by atoms with E-state index in [2.05, 4.69) is 10.6 Å². The molecule has 0 radical (unpaired) electrons. The summed E-state index contributed by atoms with van der Waals surface area (Å²) in [5.41, 5.74) is 7.34. The fourth-order valence-electron chi connectivity index (χ4n) is 4.84. The summed E-state index contributed by atoms with van der Waals surface area (Å²) >= 11 is 0. The van der Waals surface area contributed by atoms with Gasteiger partial charge in [0, 0.05) is 23.8 Å². The molecule has 1 fully saturated rings. The Bertz CT molecular complexity index is 1500. The average Bonchev–Trinajstić information content (AvgIpc) is 3.50. The number of hydrogen-bond donors (Lipinski definition) is 6. The van der Waals surface area contributed by atoms with Crippen molar-refractivity contribution < 1.29 is 34.2 Å². The van der Waals surface area contributed by atoms with Crippen molar-refractivity contribution in [1.29, 1.82) is 5.41 Å². The second kappa shape index (κ2) is 12.3. The quantitative estimate of drug-likeness (QED) is 0.133. The van der Waals surface area contributed by atoms with E-state index in [9.17, 15) is 34.2 Å². The zero-order valence-corrected chi connectivity index (χ0v) is 21.9. The molecule has 7 N–H and O–H groups in total. The number of carbonyl (C=O) groups excluding carboxylic acids is 3. The van der Waals surface area contributed by atoms with Crippen LogP contribution >= 0.6 is 0 Å². The number of benzene rings is 2. The smallest absolute Gasteiger partial charge is 0.328 e. The van der Waals surface area contributed by atoms with Gasteiger partial charge in [0.15, 0.2) is 0 Å². The molecule has 13 heteroatoms. The summed E-state index contributed by atoms with van der Waals surface area (Å²) in [5.74, 6) is -4.77. The van der Waals surface area contributed by atoms with Gasteiger partial charge >= 0.3 is 11.9 Å². The minimum absolute atomic E-state index is 0.00241. The molecule has 3 atom stereocenters. The maximum absolute atomic E-state index is 13.2. The Labute approximate surface area is 234 Å². The lowest BCUT2D eigenvalue weighted by atomic mass is 10.1. The van der Waals surface area contributed by atoms with Gasteiger partial charge in [-0.05, 0) is 29.5 Å². The normalized spacial score (nSPS) is 16.2. The van der Waals surface area contributed by atoms with Crippen LogP contribution in [0.2, 0.25) is 0 Å². The topological polar surface area (TPSA) is 208 Å². The van der Waals surface area contributed by atoms with Gasteiger partial charge < -0.3 is 36.0 Å². The predicted octanol–water partition coefficient (Wildman–Crippen LogP) is 0.298. The maximum atomic E-state index is 13.2. The minimum atomic E-state index is -1.47. The summed E-state index contributed by atoms with van der Waals surface area (Å²) in [6.07, 6.45) is 1.06. The number of carboxylic acid groups (broad SMARTS) is 2. The number of carboxylic acids is 2. The molecule has 13 nitrogen and oxygen atoms in total. The molecular weight excluding hydrogens is 532 g/mol. The van der Waals surface area contributed by atoms with E-state index in [0.29, 0.717) is 11.1 Å². The Morgan fingerprint density at radius 2 is 1.76 bits per heavy atom. The molecule has 0 saturated carbocycles. The molecule has 0 unspecified atom stereocenters. The number of hydrogen-bond acceptors (Lipinski definition) is 6. The number of likely N-dealkylation sites (tertiary alicyclic amines) is 1. The predicted molar refractivity (Wildman–Crippen MR) is 147 cm³/mol.